The lowest BCUT2D eigenvalue weighted by atomic mass is 10.1. The van der Waals surface area contributed by atoms with Crippen LogP contribution in [0, 0.1) is 0 Å². The van der Waals surface area contributed by atoms with Gasteiger partial charge in [0.15, 0.2) is 0 Å². The van der Waals surface area contributed by atoms with Gasteiger partial charge in [-0.05, 0) is 52.8 Å². The molecule has 0 saturated heterocycles. The molecule has 0 amide bonds. The van der Waals surface area contributed by atoms with Crippen LogP contribution in [0.4, 0.5) is 0 Å². The number of nitrogens with one attached hydrogen (secondary N) is 1. The second-order valence-corrected chi connectivity index (χ2v) is 6.20. The number of ether oxygens (including phenoxy) is 1. The minimum atomic E-state index is 0.288. The highest BCUT2D eigenvalue weighted by Crippen LogP contribution is 2.25. The van der Waals surface area contributed by atoms with Crippen molar-refractivity contribution >= 4 is 27.7 Å². The maximum Gasteiger partial charge on any atom is 0.118 e. The fraction of sp³-hybridized carbons (Fsp3) is 0.267. The molecule has 0 saturated carbocycles. The van der Waals surface area contributed by atoms with Crippen molar-refractivity contribution < 1.29 is 4.74 Å². The molecule has 1 N–H and O–H groups in total. The Morgan fingerprint density at radius 1 is 1.25 bits per heavy atom. The quantitative estimate of drug-likeness (QED) is 0.799. The summed E-state index contributed by atoms with van der Waals surface area (Å²) in [5, 5.41) is 4.37. The largest absolute Gasteiger partial charge is 0.497 e. The van der Waals surface area contributed by atoms with Crippen LogP contribution in [0.1, 0.15) is 11.6 Å². The summed E-state index contributed by atoms with van der Waals surface area (Å²) in [6, 6.07) is 12.5. The molecular weight excluding hydrogens is 336 g/mol. The van der Waals surface area contributed by atoms with E-state index in [1.807, 2.05) is 37.5 Å². The molecule has 3 nitrogen and oxygen atoms in total. The summed E-state index contributed by atoms with van der Waals surface area (Å²) in [5.41, 5.74) is 1.25. The summed E-state index contributed by atoms with van der Waals surface area (Å²) in [4.78, 5) is 4.37. The zero-order chi connectivity index (χ0) is 14.4. The van der Waals surface area contributed by atoms with Crippen molar-refractivity contribution in [3.05, 3.63) is 52.6 Å². The monoisotopic (exact) mass is 352 g/mol. The second-order valence-electron chi connectivity index (χ2n) is 4.24. The van der Waals surface area contributed by atoms with Crippen LogP contribution in [-0.2, 0) is 0 Å². The number of nitrogens with zero attached hydrogens (tertiary/aromatic N) is 1. The van der Waals surface area contributed by atoms with Crippen molar-refractivity contribution in [2.24, 2.45) is 0 Å². The molecule has 0 aliphatic rings. The predicted molar refractivity (Wildman–Crippen MR) is 87.5 cm³/mol. The molecule has 1 atom stereocenters. The van der Waals surface area contributed by atoms with Crippen molar-refractivity contribution in [1.82, 2.24) is 10.3 Å². The Labute approximate surface area is 132 Å². The van der Waals surface area contributed by atoms with Gasteiger partial charge in [0.1, 0.15) is 5.75 Å². The first kappa shape index (κ1) is 15.4. The summed E-state index contributed by atoms with van der Waals surface area (Å²) < 4.78 is 6.18. The Kier molecular flexibility index (Phi) is 5.88. The maximum absolute atomic E-state index is 5.18. The topological polar surface area (TPSA) is 34.2 Å². The van der Waals surface area contributed by atoms with E-state index in [0.717, 1.165) is 21.0 Å². The van der Waals surface area contributed by atoms with Gasteiger partial charge >= 0.3 is 0 Å². The van der Waals surface area contributed by atoms with Gasteiger partial charge in [-0.3, -0.25) is 0 Å². The summed E-state index contributed by atoms with van der Waals surface area (Å²) in [7, 11) is 3.66. The standard InChI is InChI=1S/C15H17BrN2OS/c1-17-14(11-3-6-13(19-2)7-4-11)10-20-15-8-5-12(16)9-18-15/h3-9,14,17H,10H2,1-2H3. The number of halogens is 1. The first-order chi connectivity index (χ1) is 9.72. The third-order valence-corrected chi connectivity index (χ3v) is 4.47. The van der Waals surface area contributed by atoms with E-state index in [-0.39, 0.29) is 6.04 Å². The highest BCUT2D eigenvalue weighted by atomic mass is 79.9. The van der Waals surface area contributed by atoms with Crippen LogP contribution in [0.15, 0.2) is 52.1 Å². The molecule has 0 fully saturated rings. The van der Waals surface area contributed by atoms with Gasteiger partial charge in [0, 0.05) is 22.5 Å². The zero-order valence-electron chi connectivity index (χ0n) is 11.5. The zero-order valence-corrected chi connectivity index (χ0v) is 13.9. The number of pyridine rings is 1. The summed E-state index contributed by atoms with van der Waals surface area (Å²) in [6.45, 7) is 0. The van der Waals surface area contributed by atoms with E-state index in [0.29, 0.717) is 0 Å². The average Bonchev–Trinajstić information content (AvgIpc) is 2.50. The smallest absolute Gasteiger partial charge is 0.118 e. The molecule has 0 radical (unpaired) electrons. The SMILES string of the molecule is CNC(CSc1ccc(Br)cn1)c1ccc(OC)cc1. The van der Waals surface area contributed by atoms with E-state index in [1.165, 1.54) is 5.56 Å². The van der Waals surface area contributed by atoms with E-state index in [4.69, 9.17) is 4.74 Å². The molecular formula is C15H17BrN2OS. The molecule has 2 aromatic rings. The summed E-state index contributed by atoms with van der Waals surface area (Å²) >= 11 is 5.13. The van der Waals surface area contributed by atoms with E-state index in [1.54, 1.807) is 18.9 Å². The molecule has 2 rings (SSSR count). The minimum Gasteiger partial charge on any atom is -0.497 e. The van der Waals surface area contributed by atoms with Crippen LogP contribution in [0.2, 0.25) is 0 Å². The lowest BCUT2D eigenvalue weighted by Gasteiger charge is -2.16. The number of rotatable bonds is 6. The maximum atomic E-state index is 5.18. The first-order valence-electron chi connectivity index (χ1n) is 6.28. The van der Waals surface area contributed by atoms with Gasteiger partial charge in [0.05, 0.1) is 12.1 Å². The molecule has 1 heterocycles. The number of benzene rings is 1. The number of aromatic nitrogens is 1. The molecule has 0 spiro atoms. The van der Waals surface area contributed by atoms with Gasteiger partial charge in [-0.2, -0.15) is 0 Å². The average molecular weight is 353 g/mol. The van der Waals surface area contributed by atoms with Crippen LogP contribution in [0.3, 0.4) is 0 Å². The molecule has 0 aliphatic heterocycles. The fourth-order valence-corrected chi connectivity index (χ4v) is 3.02. The van der Waals surface area contributed by atoms with E-state index < -0.39 is 0 Å². The number of hydrogen-bond acceptors (Lipinski definition) is 4. The van der Waals surface area contributed by atoms with E-state index in [9.17, 15) is 0 Å². The summed E-state index contributed by atoms with van der Waals surface area (Å²) in [5.74, 6) is 1.81. The van der Waals surface area contributed by atoms with Crippen LogP contribution >= 0.6 is 27.7 Å². The Balaban J connectivity index is 1.99. The van der Waals surface area contributed by atoms with E-state index >= 15 is 0 Å². The van der Waals surface area contributed by atoms with Gasteiger partial charge in [0.25, 0.3) is 0 Å². The van der Waals surface area contributed by atoms with Crippen molar-refractivity contribution in [2.75, 3.05) is 19.9 Å². The lowest BCUT2D eigenvalue weighted by Crippen LogP contribution is -2.18. The van der Waals surface area contributed by atoms with Gasteiger partial charge in [-0.25, -0.2) is 4.98 Å². The lowest BCUT2D eigenvalue weighted by molar-refractivity contribution is 0.414. The van der Waals surface area contributed by atoms with Gasteiger partial charge in [-0.15, -0.1) is 11.8 Å². The molecule has 106 valence electrons. The Hall–Kier alpha value is -1.04. The third-order valence-electron chi connectivity index (χ3n) is 2.96. The molecule has 1 aromatic heterocycles. The highest BCUT2D eigenvalue weighted by Gasteiger charge is 2.10. The van der Waals surface area contributed by atoms with Crippen LogP contribution < -0.4 is 10.1 Å². The molecule has 1 aromatic carbocycles. The third kappa shape index (κ3) is 4.23. The molecule has 0 bridgehead atoms. The van der Waals surface area contributed by atoms with Crippen molar-refractivity contribution in [1.29, 1.82) is 0 Å². The van der Waals surface area contributed by atoms with E-state index in [2.05, 4.69) is 38.4 Å². The highest BCUT2D eigenvalue weighted by molar-refractivity contribution is 9.10. The minimum absolute atomic E-state index is 0.288. The Bertz CT molecular complexity index is 531. The number of methoxy groups -OCH3 is 1. The number of hydrogen-bond donors (Lipinski definition) is 1. The van der Waals surface area contributed by atoms with Crippen LogP contribution in [0.5, 0.6) is 5.75 Å². The predicted octanol–water partition coefficient (Wildman–Crippen LogP) is 3.91. The summed E-state index contributed by atoms with van der Waals surface area (Å²) in [6.07, 6.45) is 1.82. The Morgan fingerprint density at radius 2 is 2.00 bits per heavy atom. The van der Waals surface area contributed by atoms with Gasteiger partial charge in [0.2, 0.25) is 0 Å². The van der Waals surface area contributed by atoms with Gasteiger partial charge < -0.3 is 10.1 Å². The molecule has 0 aliphatic carbocycles. The number of thioether (sulfide) groups is 1. The van der Waals surface area contributed by atoms with Crippen LogP contribution in [0.25, 0.3) is 0 Å². The molecule has 1 unspecified atom stereocenters. The first-order valence-corrected chi connectivity index (χ1v) is 8.06. The fourth-order valence-electron chi connectivity index (χ4n) is 1.80. The Morgan fingerprint density at radius 3 is 2.55 bits per heavy atom. The second kappa shape index (κ2) is 7.67. The van der Waals surface area contributed by atoms with Gasteiger partial charge in [-0.1, -0.05) is 12.1 Å². The van der Waals surface area contributed by atoms with Crippen LogP contribution in [-0.4, -0.2) is 24.9 Å². The van der Waals surface area contributed by atoms with Crippen molar-refractivity contribution in [3.63, 3.8) is 0 Å². The molecule has 20 heavy (non-hydrogen) atoms. The molecule has 5 heteroatoms. The van der Waals surface area contributed by atoms with Crippen molar-refractivity contribution in [3.8, 4) is 5.75 Å². The van der Waals surface area contributed by atoms with Crippen molar-refractivity contribution in [2.45, 2.75) is 11.1 Å². The normalized spacial score (nSPS) is 12.2.